The minimum Gasteiger partial charge on any atom is -0.324 e. The monoisotopic (exact) mass is 489 g/mol. The second-order valence-corrected chi connectivity index (χ2v) is 10.2. The van der Waals surface area contributed by atoms with Gasteiger partial charge in [-0.25, -0.2) is 14.4 Å². The van der Waals surface area contributed by atoms with E-state index in [1.165, 1.54) is 6.07 Å². The van der Waals surface area contributed by atoms with E-state index in [-0.39, 0.29) is 18.3 Å². The van der Waals surface area contributed by atoms with E-state index in [2.05, 4.69) is 10.3 Å². The lowest BCUT2D eigenvalue weighted by Gasteiger charge is -2.27. The molecule has 3 aromatic carbocycles. The molecule has 0 spiro atoms. The van der Waals surface area contributed by atoms with Crippen molar-refractivity contribution in [3.63, 3.8) is 0 Å². The molecule has 0 unspecified atom stereocenters. The molecule has 5 rings (SSSR count). The zero-order valence-electron chi connectivity index (χ0n) is 19.1. The maximum absolute atomic E-state index is 14.6. The van der Waals surface area contributed by atoms with E-state index in [0.717, 1.165) is 39.9 Å². The van der Waals surface area contributed by atoms with Gasteiger partial charge in [0.05, 0.1) is 18.6 Å². The van der Waals surface area contributed by atoms with Crippen molar-refractivity contribution in [1.29, 1.82) is 0 Å². The third-order valence-corrected chi connectivity index (χ3v) is 6.65. The molecule has 0 saturated carbocycles. The molecule has 4 aromatic rings. The number of nitrogens with zero attached hydrogens (tertiary/aromatic N) is 2. The molecule has 0 saturated heterocycles. The maximum Gasteiger partial charge on any atom is 0.264 e. The number of anilines is 2. The maximum atomic E-state index is 14.6. The first-order valence-corrected chi connectivity index (χ1v) is 13.1. The summed E-state index contributed by atoms with van der Waals surface area (Å²) in [7, 11) is -3.44. The van der Waals surface area contributed by atoms with Gasteiger partial charge in [-0.1, -0.05) is 54.6 Å². The molecule has 1 heterocycles. The molecule has 1 aliphatic rings. The van der Waals surface area contributed by atoms with Crippen molar-refractivity contribution in [1.82, 2.24) is 9.97 Å². The fourth-order valence-electron chi connectivity index (χ4n) is 4.43. The number of hydrogen-bond acceptors (Lipinski definition) is 6. The molecule has 0 radical (unpaired) electrons. The highest BCUT2D eigenvalue weighted by Crippen LogP contribution is 2.42. The van der Waals surface area contributed by atoms with Crippen molar-refractivity contribution in [3.05, 3.63) is 107 Å². The number of halogens is 1. The van der Waals surface area contributed by atoms with Crippen molar-refractivity contribution in [2.24, 2.45) is 0 Å². The van der Waals surface area contributed by atoms with Crippen LogP contribution >= 0.6 is 0 Å². The Hall–Kier alpha value is -3.62. The number of benzene rings is 3. The van der Waals surface area contributed by atoms with Crippen molar-refractivity contribution < 1.29 is 17.0 Å². The Morgan fingerprint density at radius 1 is 1.00 bits per heavy atom. The summed E-state index contributed by atoms with van der Waals surface area (Å²) in [4.78, 5) is 9.30. The molecule has 1 atom stereocenters. The molecule has 178 valence electrons. The van der Waals surface area contributed by atoms with Crippen molar-refractivity contribution in [2.45, 2.75) is 18.8 Å². The van der Waals surface area contributed by atoms with Crippen LogP contribution in [-0.2, 0) is 27.1 Å². The lowest BCUT2D eigenvalue weighted by atomic mass is 9.78. The van der Waals surface area contributed by atoms with Crippen LogP contribution in [0.4, 0.5) is 16.0 Å². The van der Waals surface area contributed by atoms with E-state index < -0.39 is 10.1 Å². The molecule has 0 bridgehead atoms. The molecule has 35 heavy (non-hydrogen) atoms. The summed E-state index contributed by atoms with van der Waals surface area (Å²) in [5.74, 6) is 0.166. The molecule has 1 N–H and O–H groups in total. The van der Waals surface area contributed by atoms with Crippen LogP contribution in [0.5, 0.6) is 0 Å². The van der Waals surface area contributed by atoms with Gasteiger partial charge in [-0.15, -0.1) is 0 Å². The van der Waals surface area contributed by atoms with E-state index in [0.29, 0.717) is 24.4 Å². The Morgan fingerprint density at radius 3 is 2.46 bits per heavy atom. The summed E-state index contributed by atoms with van der Waals surface area (Å²) in [6.45, 7) is 0.104. The van der Waals surface area contributed by atoms with Gasteiger partial charge in [0.15, 0.2) is 0 Å². The van der Waals surface area contributed by atoms with E-state index in [1.54, 1.807) is 6.07 Å². The Labute approximate surface area is 204 Å². The van der Waals surface area contributed by atoms with Crippen LogP contribution in [0.3, 0.4) is 0 Å². The fraction of sp³-hybridized carbons (Fsp3) is 0.185. The highest BCUT2D eigenvalue weighted by Gasteiger charge is 2.28. The predicted octanol–water partition coefficient (Wildman–Crippen LogP) is 5.23. The Bertz CT molecular complexity index is 1470. The first-order chi connectivity index (χ1) is 16.9. The summed E-state index contributed by atoms with van der Waals surface area (Å²) in [6, 6.07) is 22.5. The van der Waals surface area contributed by atoms with Crippen LogP contribution < -0.4 is 5.32 Å². The molecular formula is C27H24FN3O3S. The van der Waals surface area contributed by atoms with Crippen LogP contribution in [0.15, 0.2) is 79.0 Å². The second-order valence-electron chi connectivity index (χ2n) is 8.53. The zero-order valence-corrected chi connectivity index (χ0v) is 19.9. The standard InChI is InChI=1S/C27H24FN3O3S/c1-35(32,33)34-15-14-18-10-12-20(13-11-18)30-27-29-17-19-16-24(22-7-4-5-9-25(22)28)21-6-2-3-8-23(21)26(19)31-27/h2-13,17,24H,14-16H2,1H3,(H,29,30,31)/t24-/m0/s1. The lowest BCUT2D eigenvalue weighted by Crippen LogP contribution is -2.16. The Balaban J connectivity index is 1.37. The topological polar surface area (TPSA) is 81.2 Å². The van der Waals surface area contributed by atoms with Gasteiger partial charge in [-0.2, -0.15) is 8.42 Å². The molecule has 0 fully saturated rings. The van der Waals surface area contributed by atoms with E-state index in [4.69, 9.17) is 9.17 Å². The summed E-state index contributed by atoms with van der Waals surface area (Å²) in [6.07, 6.45) is 3.96. The van der Waals surface area contributed by atoms with Crippen LogP contribution in [0.25, 0.3) is 11.3 Å². The molecule has 6 nitrogen and oxygen atoms in total. The van der Waals surface area contributed by atoms with Gasteiger partial charge in [-0.05, 0) is 53.3 Å². The summed E-state index contributed by atoms with van der Waals surface area (Å²) in [5, 5.41) is 3.24. The number of hydrogen-bond donors (Lipinski definition) is 1. The fourth-order valence-corrected chi connectivity index (χ4v) is 4.81. The molecule has 1 aromatic heterocycles. The number of aromatic nitrogens is 2. The molecule has 0 amide bonds. The smallest absolute Gasteiger partial charge is 0.264 e. The van der Waals surface area contributed by atoms with Gasteiger partial charge < -0.3 is 5.32 Å². The normalized spacial score (nSPS) is 14.7. The summed E-state index contributed by atoms with van der Waals surface area (Å²) < 4.78 is 41.6. The highest BCUT2D eigenvalue weighted by molar-refractivity contribution is 7.85. The number of fused-ring (bicyclic) bond motifs is 3. The lowest BCUT2D eigenvalue weighted by molar-refractivity contribution is 0.326. The molecular weight excluding hydrogens is 465 g/mol. The van der Waals surface area contributed by atoms with Gasteiger partial charge in [0.2, 0.25) is 5.95 Å². The largest absolute Gasteiger partial charge is 0.324 e. The minimum atomic E-state index is -3.44. The first-order valence-electron chi connectivity index (χ1n) is 11.3. The SMILES string of the molecule is CS(=O)(=O)OCCc1ccc(Nc2ncc3c(n2)-c2ccccc2[C@@H](c2ccccc2F)C3)cc1. The van der Waals surface area contributed by atoms with Crippen molar-refractivity contribution in [3.8, 4) is 11.3 Å². The van der Waals surface area contributed by atoms with Crippen LogP contribution in [-0.4, -0.2) is 31.2 Å². The average Bonchev–Trinajstić information content (AvgIpc) is 2.84. The first kappa shape index (κ1) is 23.1. The summed E-state index contributed by atoms with van der Waals surface area (Å²) >= 11 is 0. The van der Waals surface area contributed by atoms with Gasteiger partial charge in [-0.3, -0.25) is 4.18 Å². The molecule has 8 heteroatoms. The molecule has 1 aliphatic carbocycles. The van der Waals surface area contributed by atoms with Crippen molar-refractivity contribution >= 4 is 21.8 Å². The van der Waals surface area contributed by atoms with Crippen LogP contribution in [0.1, 0.15) is 28.2 Å². The van der Waals surface area contributed by atoms with Gasteiger partial charge in [0.25, 0.3) is 10.1 Å². The third kappa shape index (κ3) is 5.23. The van der Waals surface area contributed by atoms with Crippen molar-refractivity contribution in [2.75, 3.05) is 18.2 Å². The highest BCUT2D eigenvalue weighted by atomic mass is 32.2. The predicted molar refractivity (Wildman–Crippen MR) is 134 cm³/mol. The average molecular weight is 490 g/mol. The number of nitrogens with one attached hydrogen (secondary N) is 1. The van der Waals surface area contributed by atoms with Gasteiger partial charge in [0.1, 0.15) is 5.82 Å². The quantitative estimate of drug-likeness (QED) is 0.358. The van der Waals surface area contributed by atoms with E-state index in [9.17, 15) is 12.8 Å². The Kier molecular flexibility index (Phi) is 6.32. The van der Waals surface area contributed by atoms with Crippen LogP contribution in [0.2, 0.25) is 0 Å². The second kappa shape index (κ2) is 9.56. The van der Waals surface area contributed by atoms with Gasteiger partial charge in [0, 0.05) is 23.4 Å². The zero-order chi connectivity index (χ0) is 24.4. The molecule has 0 aliphatic heterocycles. The Morgan fingerprint density at radius 2 is 1.71 bits per heavy atom. The van der Waals surface area contributed by atoms with E-state index >= 15 is 0 Å². The summed E-state index contributed by atoms with van der Waals surface area (Å²) in [5.41, 5.74) is 6.30. The van der Waals surface area contributed by atoms with E-state index in [1.807, 2.05) is 66.9 Å². The minimum absolute atomic E-state index is 0.0958. The van der Waals surface area contributed by atoms with Crippen LogP contribution in [0, 0.1) is 5.82 Å². The number of rotatable bonds is 7. The third-order valence-electron chi connectivity index (χ3n) is 6.06. The van der Waals surface area contributed by atoms with Gasteiger partial charge >= 0.3 is 0 Å².